The molecular weight excluding hydrogens is 390 g/mol. The maximum absolute atomic E-state index is 5.87. The Bertz CT molecular complexity index is 988. The van der Waals surface area contributed by atoms with Crippen molar-refractivity contribution < 1.29 is 9.47 Å². The molecule has 1 fully saturated rings. The first-order chi connectivity index (χ1) is 15.2. The van der Waals surface area contributed by atoms with Crippen molar-refractivity contribution in [2.24, 2.45) is 0 Å². The fourth-order valence-corrected chi connectivity index (χ4v) is 3.53. The van der Waals surface area contributed by atoms with Gasteiger partial charge in [0.1, 0.15) is 23.9 Å². The normalized spacial score (nSPS) is 13.7. The zero-order valence-electron chi connectivity index (χ0n) is 18.1. The topological polar surface area (TPSA) is 71.5 Å². The van der Waals surface area contributed by atoms with Gasteiger partial charge in [0.05, 0.1) is 7.11 Å². The lowest BCUT2D eigenvalue weighted by Crippen LogP contribution is -2.25. The Labute approximate surface area is 183 Å². The molecule has 1 aliphatic heterocycles. The SMILES string of the molecule is COc1cccc(Nc2nc(Nc3ccc(OCCN4CCCC4)cc3)ncc2C)c1. The third-order valence-corrected chi connectivity index (χ3v) is 5.29. The third kappa shape index (κ3) is 5.86. The minimum Gasteiger partial charge on any atom is -0.497 e. The third-order valence-electron chi connectivity index (χ3n) is 5.29. The molecule has 0 unspecified atom stereocenters. The molecule has 1 saturated heterocycles. The molecule has 0 amide bonds. The lowest BCUT2D eigenvalue weighted by Gasteiger charge is -2.15. The predicted octanol–water partition coefficient (Wildman–Crippen LogP) is 4.76. The Morgan fingerprint density at radius 3 is 2.55 bits per heavy atom. The number of rotatable bonds is 9. The van der Waals surface area contributed by atoms with Crippen LogP contribution in [0, 0.1) is 6.92 Å². The van der Waals surface area contributed by atoms with Crippen molar-refractivity contribution in [3.8, 4) is 11.5 Å². The van der Waals surface area contributed by atoms with Crippen LogP contribution in [0.1, 0.15) is 18.4 Å². The summed E-state index contributed by atoms with van der Waals surface area (Å²) in [5, 5.41) is 6.59. The van der Waals surface area contributed by atoms with Crippen LogP contribution < -0.4 is 20.1 Å². The van der Waals surface area contributed by atoms with Gasteiger partial charge in [-0.3, -0.25) is 4.90 Å². The summed E-state index contributed by atoms with van der Waals surface area (Å²) in [5.74, 6) is 2.93. The quantitative estimate of drug-likeness (QED) is 0.518. The average Bonchev–Trinajstić information content (AvgIpc) is 3.31. The molecule has 7 nitrogen and oxygen atoms in total. The van der Waals surface area contributed by atoms with Crippen LogP contribution in [0.4, 0.5) is 23.1 Å². The van der Waals surface area contributed by atoms with Gasteiger partial charge in [-0.15, -0.1) is 0 Å². The molecular formula is C24H29N5O2. The summed E-state index contributed by atoms with van der Waals surface area (Å²) in [4.78, 5) is 11.5. The van der Waals surface area contributed by atoms with Crippen molar-refractivity contribution in [2.45, 2.75) is 19.8 Å². The second-order valence-electron chi connectivity index (χ2n) is 7.63. The molecule has 1 aromatic heterocycles. The van der Waals surface area contributed by atoms with E-state index in [-0.39, 0.29) is 0 Å². The summed E-state index contributed by atoms with van der Waals surface area (Å²) < 4.78 is 11.2. The highest BCUT2D eigenvalue weighted by molar-refractivity contribution is 5.63. The summed E-state index contributed by atoms with van der Waals surface area (Å²) in [6, 6.07) is 15.6. The Hall–Kier alpha value is -3.32. The number of hydrogen-bond acceptors (Lipinski definition) is 7. The summed E-state index contributed by atoms with van der Waals surface area (Å²) in [7, 11) is 1.65. The molecule has 3 aromatic rings. The molecule has 31 heavy (non-hydrogen) atoms. The van der Waals surface area contributed by atoms with Crippen molar-refractivity contribution >= 4 is 23.1 Å². The van der Waals surface area contributed by atoms with Gasteiger partial charge in [0.2, 0.25) is 5.95 Å². The molecule has 0 aliphatic carbocycles. The highest BCUT2D eigenvalue weighted by Crippen LogP contribution is 2.24. The minimum atomic E-state index is 0.527. The number of aromatic nitrogens is 2. The number of benzene rings is 2. The van der Waals surface area contributed by atoms with E-state index in [2.05, 4.69) is 25.5 Å². The fraction of sp³-hybridized carbons (Fsp3) is 0.333. The molecule has 7 heteroatoms. The number of methoxy groups -OCH3 is 1. The van der Waals surface area contributed by atoms with Crippen LogP contribution >= 0.6 is 0 Å². The van der Waals surface area contributed by atoms with E-state index in [9.17, 15) is 0 Å². The van der Waals surface area contributed by atoms with Crippen LogP contribution in [0.3, 0.4) is 0 Å². The molecule has 162 valence electrons. The van der Waals surface area contributed by atoms with Crippen molar-refractivity contribution in [1.82, 2.24) is 14.9 Å². The monoisotopic (exact) mass is 419 g/mol. The van der Waals surface area contributed by atoms with Crippen LogP contribution in [0.25, 0.3) is 0 Å². The van der Waals surface area contributed by atoms with Gasteiger partial charge in [-0.25, -0.2) is 4.98 Å². The first-order valence-corrected chi connectivity index (χ1v) is 10.7. The maximum Gasteiger partial charge on any atom is 0.229 e. The number of anilines is 4. The lowest BCUT2D eigenvalue weighted by molar-refractivity contribution is 0.238. The van der Waals surface area contributed by atoms with Gasteiger partial charge in [0.25, 0.3) is 0 Å². The lowest BCUT2D eigenvalue weighted by atomic mass is 10.2. The number of hydrogen-bond donors (Lipinski definition) is 2. The second kappa shape index (κ2) is 10.1. The van der Waals surface area contributed by atoms with Crippen molar-refractivity contribution in [3.63, 3.8) is 0 Å². The molecule has 4 rings (SSSR count). The Morgan fingerprint density at radius 2 is 1.77 bits per heavy atom. The van der Waals surface area contributed by atoms with Gasteiger partial charge in [-0.2, -0.15) is 4.98 Å². The van der Waals surface area contributed by atoms with Gasteiger partial charge in [-0.1, -0.05) is 6.07 Å². The number of nitrogens with one attached hydrogen (secondary N) is 2. The first-order valence-electron chi connectivity index (χ1n) is 10.7. The summed E-state index contributed by atoms with van der Waals surface area (Å²) in [5.41, 5.74) is 2.76. The highest BCUT2D eigenvalue weighted by atomic mass is 16.5. The Kier molecular flexibility index (Phi) is 6.84. The van der Waals surface area contributed by atoms with Crippen LogP contribution in [-0.4, -0.2) is 48.2 Å². The van der Waals surface area contributed by atoms with Crippen LogP contribution in [-0.2, 0) is 0 Å². The fourth-order valence-electron chi connectivity index (χ4n) is 3.53. The van der Waals surface area contributed by atoms with Crippen LogP contribution in [0.2, 0.25) is 0 Å². The van der Waals surface area contributed by atoms with Crippen LogP contribution in [0.15, 0.2) is 54.7 Å². The molecule has 0 bridgehead atoms. The Balaban J connectivity index is 1.35. The van der Waals surface area contributed by atoms with Gasteiger partial charge in [0, 0.05) is 35.7 Å². The van der Waals surface area contributed by atoms with E-state index < -0.39 is 0 Å². The van der Waals surface area contributed by atoms with E-state index in [1.54, 1.807) is 13.3 Å². The molecule has 2 aromatic carbocycles. The van der Waals surface area contributed by atoms with E-state index in [1.807, 2.05) is 55.5 Å². The minimum absolute atomic E-state index is 0.527. The zero-order chi connectivity index (χ0) is 21.5. The molecule has 0 spiro atoms. The van der Waals surface area contributed by atoms with E-state index in [0.717, 1.165) is 40.8 Å². The standard InChI is InChI=1S/C24H29N5O2/c1-18-17-25-24(28-23(18)26-20-6-5-7-22(16-20)30-2)27-19-8-10-21(11-9-19)31-15-14-29-12-3-4-13-29/h5-11,16-17H,3-4,12-15H2,1-2H3,(H2,25,26,27,28). The average molecular weight is 420 g/mol. The smallest absolute Gasteiger partial charge is 0.229 e. The molecule has 2 N–H and O–H groups in total. The number of nitrogens with zero attached hydrogens (tertiary/aromatic N) is 3. The van der Waals surface area contributed by atoms with Crippen molar-refractivity contribution in [2.75, 3.05) is 44.0 Å². The van der Waals surface area contributed by atoms with Gasteiger partial charge >= 0.3 is 0 Å². The number of aryl methyl sites for hydroxylation is 1. The Morgan fingerprint density at radius 1 is 0.968 bits per heavy atom. The van der Waals surface area contributed by atoms with E-state index in [1.165, 1.54) is 25.9 Å². The zero-order valence-corrected chi connectivity index (χ0v) is 18.1. The van der Waals surface area contributed by atoms with Gasteiger partial charge < -0.3 is 20.1 Å². The van der Waals surface area contributed by atoms with E-state index in [4.69, 9.17) is 9.47 Å². The maximum atomic E-state index is 5.87. The number of likely N-dealkylation sites (tertiary alicyclic amines) is 1. The second-order valence-corrected chi connectivity index (χ2v) is 7.63. The van der Waals surface area contributed by atoms with Crippen LogP contribution in [0.5, 0.6) is 11.5 Å². The summed E-state index contributed by atoms with van der Waals surface area (Å²) in [6.45, 7) is 6.06. The largest absolute Gasteiger partial charge is 0.497 e. The molecule has 0 atom stereocenters. The number of ether oxygens (including phenoxy) is 2. The molecule has 2 heterocycles. The first kappa shape index (κ1) is 20.9. The van der Waals surface area contributed by atoms with E-state index >= 15 is 0 Å². The van der Waals surface area contributed by atoms with Gasteiger partial charge in [0.15, 0.2) is 0 Å². The molecule has 0 radical (unpaired) electrons. The van der Waals surface area contributed by atoms with E-state index in [0.29, 0.717) is 12.6 Å². The molecule has 0 saturated carbocycles. The summed E-state index contributed by atoms with van der Waals surface area (Å²) in [6.07, 6.45) is 4.41. The predicted molar refractivity (Wildman–Crippen MR) is 124 cm³/mol. The van der Waals surface area contributed by atoms with Crippen molar-refractivity contribution in [1.29, 1.82) is 0 Å². The molecule has 1 aliphatic rings. The van der Waals surface area contributed by atoms with Crippen molar-refractivity contribution in [3.05, 3.63) is 60.3 Å². The highest BCUT2D eigenvalue weighted by Gasteiger charge is 2.11. The van der Waals surface area contributed by atoms with Gasteiger partial charge in [-0.05, 0) is 69.3 Å². The summed E-state index contributed by atoms with van der Waals surface area (Å²) >= 11 is 0.